The van der Waals surface area contributed by atoms with E-state index in [1.807, 2.05) is 12.2 Å². The Hall–Kier alpha value is -5.04. The van der Waals surface area contributed by atoms with Gasteiger partial charge in [0.15, 0.2) is 5.82 Å². The minimum atomic E-state index is -0.997. The maximum Gasteiger partial charge on any atom is 0.411 e. The lowest BCUT2D eigenvalue weighted by Crippen LogP contribution is -2.29. The highest BCUT2D eigenvalue weighted by molar-refractivity contribution is 6.31. The molecule has 11 nitrogen and oxygen atoms in total. The summed E-state index contributed by atoms with van der Waals surface area (Å²) in [6.07, 6.45) is 6.66. The second-order valence-corrected chi connectivity index (χ2v) is 9.65. The van der Waals surface area contributed by atoms with E-state index in [0.29, 0.717) is 41.3 Å². The normalized spacial score (nSPS) is 15.7. The molecule has 14 heteroatoms. The van der Waals surface area contributed by atoms with Crippen LogP contribution in [-0.2, 0) is 9.53 Å². The van der Waals surface area contributed by atoms with Gasteiger partial charge in [0.05, 0.1) is 47.5 Å². The van der Waals surface area contributed by atoms with Crippen LogP contribution in [0.3, 0.4) is 0 Å². The third-order valence-electron chi connectivity index (χ3n) is 6.42. The van der Waals surface area contributed by atoms with Crippen LogP contribution in [-0.4, -0.2) is 45.0 Å². The van der Waals surface area contributed by atoms with Crippen LogP contribution < -0.4 is 16.0 Å². The Kier molecular flexibility index (Phi) is 8.29. The first-order chi connectivity index (χ1) is 20.2. The number of hydrogen-bond donors (Lipinski definition) is 5. The highest BCUT2D eigenvalue weighted by Crippen LogP contribution is 2.32. The fraction of sp³-hybridized carbons (Fsp3) is 0.179. The van der Waals surface area contributed by atoms with Crippen LogP contribution in [0.2, 0.25) is 5.02 Å². The molecule has 1 atom stereocenters. The molecule has 0 saturated carbocycles. The van der Waals surface area contributed by atoms with Crippen molar-refractivity contribution in [3.8, 4) is 22.6 Å². The van der Waals surface area contributed by atoms with Crippen LogP contribution >= 0.6 is 11.6 Å². The molecule has 216 valence electrons. The average Bonchev–Trinajstić information content (AvgIpc) is 3.65. The Labute approximate surface area is 242 Å². The van der Waals surface area contributed by atoms with E-state index in [1.54, 1.807) is 24.4 Å². The predicted octanol–water partition coefficient (Wildman–Crippen LogP) is 5.73. The summed E-state index contributed by atoms with van der Waals surface area (Å²) in [4.78, 5) is 51.7. The van der Waals surface area contributed by atoms with Gasteiger partial charge in [-0.3, -0.25) is 14.9 Å². The molecular formula is C28H24ClF2N7O4. The van der Waals surface area contributed by atoms with Crippen LogP contribution in [0.5, 0.6) is 0 Å². The van der Waals surface area contributed by atoms with Crippen molar-refractivity contribution in [2.24, 2.45) is 0 Å². The molecule has 2 aromatic carbocycles. The summed E-state index contributed by atoms with van der Waals surface area (Å²) in [5.41, 5.74) is 1.47. The zero-order chi connectivity index (χ0) is 29.8. The topological polar surface area (TPSA) is 154 Å². The number of halogens is 3. The van der Waals surface area contributed by atoms with Crippen molar-refractivity contribution in [3.05, 3.63) is 83.1 Å². The van der Waals surface area contributed by atoms with Crippen LogP contribution in [0, 0.1) is 11.6 Å². The van der Waals surface area contributed by atoms with Crippen molar-refractivity contribution >= 4 is 40.9 Å². The van der Waals surface area contributed by atoms with E-state index in [1.165, 1.54) is 13.3 Å². The summed E-state index contributed by atoms with van der Waals surface area (Å²) in [6, 6.07) is 6.40. The van der Waals surface area contributed by atoms with Crippen molar-refractivity contribution in [3.63, 3.8) is 0 Å². The summed E-state index contributed by atoms with van der Waals surface area (Å²) < 4.78 is 33.5. The third-order valence-corrected chi connectivity index (χ3v) is 6.72. The van der Waals surface area contributed by atoms with E-state index < -0.39 is 35.2 Å². The van der Waals surface area contributed by atoms with Crippen molar-refractivity contribution < 1.29 is 27.9 Å². The van der Waals surface area contributed by atoms with Gasteiger partial charge in [0.2, 0.25) is 5.91 Å². The molecule has 0 fully saturated rings. The van der Waals surface area contributed by atoms with Crippen molar-refractivity contribution in [2.75, 3.05) is 17.7 Å². The lowest BCUT2D eigenvalue weighted by Gasteiger charge is -2.15. The van der Waals surface area contributed by atoms with Gasteiger partial charge in [0.1, 0.15) is 23.2 Å². The van der Waals surface area contributed by atoms with Crippen LogP contribution in [0.4, 0.5) is 25.0 Å². The summed E-state index contributed by atoms with van der Waals surface area (Å²) in [5.74, 6) is -2.48. The number of hydrogen-bond acceptors (Lipinski definition) is 6. The minimum Gasteiger partial charge on any atom is -0.453 e. The Bertz CT molecular complexity index is 1700. The lowest BCUT2D eigenvalue weighted by atomic mass is 10.1. The number of benzene rings is 2. The second kappa shape index (κ2) is 12.2. The number of imidazole rings is 2. The maximum atomic E-state index is 14.5. The average molecular weight is 596 g/mol. The molecule has 0 spiro atoms. The number of anilines is 2. The number of rotatable bonds is 4. The van der Waals surface area contributed by atoms with Gasteiger partial charge in [0.25, 0.3) is 5.91 Å². The fourth-order valence-corrected chi connectivity index (χ4v) is 4.50. The predicted molar refractivity (Wildman–Crippen MR) is 151 cm³/mol. The fourth-order valence-electron chi connectivity index (χ4n) is 4.34. The van der Waals surface area contributed by atoms with Gasteiger partial charge in [-0.2, -0.15) is 0 Å². The highest BCUT2D eigenvalue weighted by Gasteiger charge is 2.23. The Morgan fingerprint density at radius 3 is 2.74 bits per heavy atom. The van der Waals surface area contributed by atoms with Crippen molar-refractivity contribution in [2.45, 2.75) is 25.3 Å². The zero-order valence-corrected chi connectivity index (χ0v) is 22.8. The molecule has 42 heavy (non-hydrogen) atoms. The summed E-state index contributed by atoms with van der Waals surface area (Å²) in [7, 11) is 1.24. The van der Waals surface area contributed by atoms with Crippen LogP contribution in [0.15, 0.2) is 54.9 Å². The molecule has 1 aliphatic rings. The number of amides is 3. The van der Waals surface area contributed by atoms with E-state index >= 15 is 0 Å². The summed E-state index contributed by atoms with van der Waals surface area (Å²) in [6.45, 7) is 0. The molecule has 4 aromatic rings. The van der Waals surface area contributed by atoms with Gasteiger partial charge in [-0.05, 0) is 43.2 Å². The molecule has 5 rings (SSSR count). The number of nitrogens with zero attached hydrogens (tertiary/aromatic N) is 2. The number of ether oxygens (including phenoxy) is 1. The van der Waals surface area contributed by atoms with Gasteiger partial charge in [-0.25, -0.2) is 23.5 Å². The van der Waals surface area contributed by atoms with Crippen LogP contribution in [0.1, 0.15) is 41.6 Å². The molecular weight excluding hydrogens is 572 g/mol. The molecule has 0 radical (unpaired) electrons. The number of carbonyl (C=O) groups is 3. The number of aromatic nitrogens is 4. The standard InChI is InChI=1S/C28H24ClF2N7O4/c1-42-28(41)34-14-7-8-15-19(11-14)35-22(39)6-4-2-3-5-18(25-32-12-20(15)36-25)38-27(40)21-13-33-26(37-21)23-17(30)10-9-16(29)24(23)31/h2-3,7-13,18H,4-6H2,1H3,(H,32,36)(H,33,37)(H,34,41)(H,35,39)(H,38,40)/b3-2+. The first kappa shape index (κ1) is 28.5. The summed E-state index contributed by atoms with van der Waals surface area (Å²) in [5, 5.41) is 8.01. The number of nitrogens with one attached hydrogen (secondary N) is 5. The highest BCUT2D eigenvalue weighted by atomic mass is 35.5. The molecule has 3 heterocycles. The summed E-state index contributed by atoms with van der Waals surface area (Å²) >= 11 is 5.79. The molecule has 1 aliphatic heterocycles. The lowest BCUT2D eigenvalue weighted by molar-refractivity contribution is -0.116. The zero-order valence-electron chi connectivity index (χ0n) is 22.1. The van der Waals surface area contributed by atoms with Crippen LogP contribution in [0.25, 0.3) is 22.6 Å². The van der Waals surface area contributed by atoms with Gasteiger partial charge >= 0.3 is 6.09 Å². The maximum absolute atomic E-state index is 14.5. The van der Waals surface area contributed by atoms with Gasteiger partial charge in [-0.15, -0.1) is 0 Å². The molecule has 3 amide bonds. The Morgan fingerprint density at radius 1 is 1.10 bits per heavy atom. The number of H-pyrrole nitrogens is 2. The molecule has 1 unspecified atom stereocenters. The van der Waals surface area contributed by atoms with Gasteiger partial charge in [0, 0.05) is 17.7 Å². The molecule has 0 aliphatic carbocycles. The van der Waals surface area contributed by atoms with E-state index in [0.717, 1.165) is 12.1 Å². The Morgan fingerprint density at radius 2 is 1.93 bits per heavy atom. The number of methoxy groups -OCH3 is 1. The first-order valence-corrected chi connectivity index (χ1v) is 13.1. The van der Waals surface area contributed by atoms with Crippen molar-refractivity contribution in [1.29, 1.82) is 0 Å². The van der Waals surface area contributed by atoms with E-state index in [9.17, 15) is 23.2 Å². The second-order valence-electron chi connectivity index (χ2n) is 9.24. The molecule has 2 bridgehead atoms. The van der Waals surface area contributed by atoms with E-state index in [-0.39, 0.29) is 28.9 Å². The quantitative estimate of drug-likeness (QED) is 0.150. The van der Waals surface area contributed by atoms with Gasteiger partial charge < -0.3 is 25.3 Å². The third kappa shape index (κ3) is 6.15. The number of aromatic amines is 2. The molecule has 5 N–H and O–H groups in total. The number of carbonyl (C=O) groups excluding carboxylic acids is 3. The van der Waals surface area contributed by atoms with E-state index in [4.69, 9.17) is 11.6 Å². The van der Waals surface area contributed by atoms with Gasteiger partial charge in [-0.1, -0.05) is 23.8 Å². The monoisotopic (exact) mass is 595 g/mol. The largest absolute Gasteiger partial charge is 0.453 e. The molecule has 0 saturated heterocycles. The number of allylic oxidation sites excluding steroid dienone is 1. The Balaban J connectivity index is 1.43. The first-order valence-electron chi connectivity index (χ1n) is 12.7. The smallest absolute Gasteiger partial charge is 0.411 e. The number of fused-ring (bicyclic) bond motifs is 4. The SMILES string of the molecule is COC(=O)Nc1ccc2c(c1)NC(=O)CC/C=C/CC(NC(=O)c1cnc(-c3c(F)ccc(Cl)c3F)[nH]1)c1ncc-2[nH]1. The van der Waals surface area contributed by atoms with E-state index in [2.05, 4.69) is 40.6 Å². The van der Waals surface area contributed by atoms with Crippen molar-refractivity contribution in [1.82, 2.24) is 25.3 Å². The minimum absolute atomic E-state index is 0.0340. The molecule has 2 aromatic heterocycles.